The molecule has 0 amide bonds. The summed E-state index contributed by atoms with van der Waals surface area (Å²) >= 11 is 0. The van der Waals surface area contributed by atoms with Gasteiger partial charge in [-0.2, -0.15) is 0 Å². The van der Waals surface area contributed by atoms with E-state index in [1.54, 1.807) is 0 Å². The van der Waals surface area contributed by atoms with Crippen LogP contribution in [0.1, 0.15) is 40.5 Å². The lowest BCUT2D eigenvalue weighted by Crippen LogP contribution is -2.42. The minimum absolute atomic E-state index is 0.750. The van der Waals surface area contributed by atoms with Gasteiger partial charge in [-0.15, -0.1) is 0 Å². The third-order valence-electron chi connectivity index (χ3n) is 3.01. The molecule has 0 saturated heterocycles. The van der Waals surface area contributed by atoms with Gasteiger partial charge in [0, 0.05) is 12.6 Å². The highest BCUT2D eigenvalue weighted by Gasteiger charge is 2.15. The molecule has 0 radical (unpaired) electrons. The first-order valence-corrected chi connectivity index (χ1v) is 6.12. The van der Waals surface area contributed by atoms with Crippen molar-refractivity contribution < 1.29 is 0 Å². The molecule has 0 aliphatic rings. The van der Waals surface area contributed by atoms with E-state index in [-0.39, 0.29) is 0 Å². The summed E-state index contributed by atoms with van der Waals surface area (Å²) in [5.41, 5.74) is 0. The fourth-order valence-corrected chi connectivity index (χ4v) is 1.95. The van der Waals surface area contributed by atoms with E-state index >= 15 is 0 Å². The summed E-state index contributed by atoms with van der Waals surface area (Å²) in [6.45, 7) is 13.8. The van der Waals surface area contributed by atoms with E-state index in [9.17, 15) is 0 Å². The lowest BCUT2D eigenvalue weighted by molar-refractivity contribution is 0.158. The first-order valence-electron chi connectivity index (χ1n) is 6.12. The molecule has 1 atom stereocenters. The third-order valence-corrected chi connectivity index (χ3v) is 3.01. The van der Waals surface area contributed by atoms with Crippen molar-refractivity contribution in [2.75, 3.05) is 33.2 Å². The Bertz CT molecular complexity index is 121. The minimum Gasteiger partial charge on any atom is -0.305 e. The summed E-state index contributed by atoms with van der Waals surface area (Å²) in [6.07, 6.45) is 2.62. The average Bonchev–Trinajstić information content (AvgIpc) is 2.19. The van der Waals surface area contributed by atoms with Crippen LogP contribution in [0, 0.1) is 0 Å². The summed E-state index contributed by atoms with van der Waals surface area (Å²) in [6, 6.07) is 0.750. The van der Waals surface area contributed by atoms with Gasteiger partial charge in [0.1, 0.15) is 0 Å². The summed E-state index contributed by atoms with van der Waals surface area (Å²) < 4.78 is 0. The molecule has 0 saturated carbocycles. The van der Waals surface area contributed by atoms with Gasteiger partial charge in [0.2, 0.25) is 0 Å². The maximum absolute atomic E-state index is 2.58. The van der Waals surface area contributed by atoms with Crippen molar-refractivity contribution in [2.45, 2.75) is 46.6 Å². The number of hydrogen-bond acceptors (Lipinski definition) is 2. The molecule has 0 spiro atoms. The molecule has 0 bridgehead atoms. The van der Waals surface area contributed by atoms with Crippen molar-refractivity contribution >= 4 is 0 Å². The van der Waals surface area contributed by atoms with Gasteiger partial charge in [-0.05, 0) is 33.1 Å². The van der Waals surface area contributed by atoms with E-state index in [1.165, 1.54) is 32.5 Å². The van der Waals surface area contributed by atoms with Gasteiger partial charge in [0.05, 0.1) is 0 Å². The predicted molar refractivity (Wildman–Crippen MR) is 64.8 cm³/mol. The number of hydrogen-bond donors (Lipinski definition) is 0. The topological polar surface area (TPSA) is 6.48 Å². The van der Waals surface area contributed by atoms with Gasteiger partial charge < -0.3 is 4.90 Å². The van der Waals surface area contributed by atoms with Crippen molar-refractivity contribution in [1.29, 1.82) is 0 Å². The van der Waals surface area contributed by atoms with Crippen LogP contribution in [0.25, 0.3) is 0 Å². The Labute approximate surface area is 90.3 Å². The second-order valence-electron chi connectivity index (χ2n) is 4.02. The molecule has 0 N–H and O–H groups in total. The number of rotatable bonds is 8. The molecular formula is C12H28N2. The van der Waals surface area contributed by atoms with Crippen LogP contribution in [0.15, 0.2) is 0 Å². The summed E-state index contributed by atoms with van der Waals surface area (Å²) in [7, 11) is 2.21. The molecule has 0 aromatic carbocycles. The number of likely N-dealkylation sites (N-methyl/N-ethyl adjacent to an activating group) is 2. The Hall–Kier alpha value is -0.0800. The van der Waals surface area contributed by atoms with E-state index in [1.807, 2.05) is 0 Å². The fourth-order valence-electron chi connectivity index (χ4n) is 1.95. The van der Waals surface area contributed by atoms with Gasteiger partial charge in [-0.25, -0.2) is 0 Å². The van der Waals surface area contributed by atoms with Gasteiger partial charge in [-0.3, -0.25) is 4.90 Å². The second kappa shape index (κ2) is 8.25. The average molecular weight is 200 g/mol. The van der Waals surface area contributed by atoms with Gasteiger partial charge in [-0.1, -0.05) is 34.1 Å². The highest BCUT2D eigenvalue weighted by molar-refractivity contribution is 4.72. The normalized spacial score (nSPS) is 13.9. The van der Waals surface area contributed by atoms with Crippen LogP contribution in [-0.4, -0.2) is 49.1 Å². The standard InChI is InChI=1S/C12H28N2/c1-6-10-12(11-13(5)7-2)14(8-3)9-4/h12H,6-11H2,1-5H3. The Balaban J connectivity index is 4.10. The third kappa shape index (κ3) is 4.97. The zero-order valence-electron chi connectivity index (χ0n) is 10.7. The van der Waals surface area contributed by atoms with Gasteiger partial charge >= 0.3 is 0 Å². The highest BCUT2D eigenvalue weighted by Crippen LogP contribution is 2.08. The molecule has 2 nitrogen and oxygen atoms in total. The zero-order chi connectivity index (χ0) is 11.0. The monoisotopic (exact) mass is 200 g/mol. The van der Waals surface area contributed by atoms with Crippen LogP contribution >= 0.6 is 0 Å². The van der Waals surface area contributed by atoms with Crippen LogP contribution in [0.4, 0.5) is 0 Å². The summed E-state index contributed by atoms with van der Waals surface area (Å²) in [5, 5.41) is 0. The Kier molecular flexibility index (Phi) is 8.20. The first kappa shape index (κ1) is 13.9. The Morgan fingerprint density at radius 1 is 0.929 bits per heavy atom. The molecule has 14 heavy (non-hydrogen) atoms. The highest BCUT2D eigenvalue weighted by atomic mass is 15.2. The van der Waals surface area contributed by atoms with Gasteiger partial charge in [0.25, 0.3) is 0 Å². The van der Waals surface area contributed by atoms with Crippen LogP contribution in [0.3, 0.4) is 0 Å². The molecule has 2 heteroatoms. The molecule has 1 unspecified atom stereocenters. The molecule has 0 heterocycles. The lowest BCUT2D eigenvalue weighted by Gasteiger charge is -2.32. The molecule has 0 aromatic heterocycles. The molecule has 0 aliphatic carbocycles. The van der Waals surface area contributed by atoms with E-state index in [0.29, 0.717) is 0 Å². The van der Waals surface area contributed by atoms with Crippen LogP contribution in [0.5, 0.6) is 0 Å². The lowest BCUT2D eigenvalue weighted by atomic mass is 10.1. The molecular weight excluding hydrogens is 172 g/mol. The molecule has 0 rings (SSSR count). The van der Waals surface area contributed by atoms with Crippen LogP contribution < -0.4 is 0 Å². The van der Waals surface area contributed by atoms with E-state index in [0.717, 1.165) is 12.6 Å². The van der Waals surface area contributed by atoms with Crippen LogP contribution in [0.2, 0.25) is 0 Å². The Morgan fingerprint density at radius 3 is 1.86 bits per heavy atom. The molecule has 0 fully saturated rings. The van der Waals surface area contributed by atoms with E-state index in [4.69, 9.17) is 0 Å². The smallest absolute Gasteiger partial charge is 0.0222 e. The first-order chi connectivity index (χ1) is 6.69. The van der Waals surface area contributed by atoms with Crippen molar-refractivity contribution in [3.63, 3.8) is 0 Å². The molecule has 0 aliphatic heterocycles. The largest absolute Gasteiger partial charge is 0.305 e. The summed E-state index contributed by atoms with van der Waals surface area (Å²) in [4.78, 5) is 4.99. The van der Waals surface area contributed by atoms with Crippen molar-refractivity contribution in [1.82, 2.24) is 9.80 Å². The second-order valence-corrected chi connectivity index (χ2v) is 4.02. The molecule has 86 valence electrons. The maximum atomic E-state index is 2.58. The quantitative estimate of drug-likeness (QED) is 0.594. The van der Waals surface area contributed by atoms with E-state index in [2.05, 4.69) is 44.5 Å². The predicted octanol–water partition coefficient (Wildman–Crippen LogP) is 2.45. The minimum atomic E-state index is 0.750. The number of nitrogens with zero attached hydrogens (tertiary/aromatic N) is 2. The van der Waals surface area contributed by atoms with Crippen molar-refractivity contribution in [2.24, 2.45) is 0 Å². The summed E-state index contributed by atoms with van der Waals surface area (Å²) in [5.74, 6) is 0. The maximum Gasteiger partial charge on any atom is 0.0222 e. The SMILES string of the molecule is CCCC(CN(C)CC)N(CC)CC. The van der Waals surface area contributed by atoms with Crippen molar-refractivity contribution in [3.8, 4) is 0 Å². The van der Waals surface area contributed by atoms with Crippen molar-refractivity contribution in [3.05, 3.63) is 0 Å². The molecule has 0 aromatic rings. The van der Waals surface area contributed by atoms with E-state index < -0.39 is 0 Å². The fraction of sp³-hybridized carbons (Fsp3) is 1.00. The van der Waals surface area contributed by atoms with Crippen LogP contribution in [-0.2, 0) is 0 Å². The zero-order valence-corrected chi connectivity index (χ0v) is 10.7. The Morgan fingerprint density at radius 2 is 1.50 bits per heavy atom. The van der Waals surface area contributed by atoms with Gasteiger partial charge in [0.15, 0.2) is 0 Å².